The van der Waals surface area contributed by atoms with Crippen LogP contribution in [0.5, 0.6) is 0 Å². The average Bonchev–Trinajstić information content (AvgIpc) is 2.67. The van der Waals surface area contributed by atoms with Crippen molar-refractivity contribution < 1.29 is 9.00 Å². The number of aromatic nitrogens is 1. The molecule has 134 valence electrons. The van der Waals surface area contributed by atoms with Gasteiger partial charge in [-0.05, 0) is 36.4 Å². The molecule has 2 aromatic carbocycles. The number of rotatable bonds is 2. The second kappa shape index (κ2) is 8.30. The summed E-state index contributed by atoms with van der Waals surface area (Å²) < 4.78 is 17.6. The van der Waals surface area contributed by atoms with E-state index in [-0.39, 0.29) is 5.56 Å². The lowest BCUT2D eigenvalue weighted by Gasteiger charge is -2.03. The largest absolute Gasteiger partial charge is 0.286 e. The second-order valence-electron chi connectivity index (χ2n) is 5.73. The number of carbonyl (C=O) groups excluding carboxylic acids is 1. The molecule has 0 radical (unpaired) electrons. The molecule has 0 aliphatic rings. The Morgan fingerprint density at radius 1 is 1.00 bits per heavy atom. The third-order valence-corrected chi connectivity index (χ3v) is 5.75. The minimum Gasteiger partial charge on any atom is -0.266 e. The summed E-state index contributed by atoms with van der Waals surface area (Å²) >= 11 is 3.40. The number of hydrogen-bond donors (Lipinski definition) is 0. The summed E-state index contributed by atoms with van der Waals surface area (Å²) in [5.41, 5.74) is 1.67. The molecule has 0 saturated heterocycles. The van der Waals surface area contributed by atoms with Crippen molar-refractivity contribution >= 4 is 31.6 Å². The van der Waals surface area contributed by atoms with E-state index in [1.165, 1.54) is 12.5 Å². The summed E-state index contributed by atoms with van der Waals surface area (Å²) in [5.74, 6) is 5.42. The number of nitrogens with zero attached hydrogens (tertiary/aromatic N) is 2. The van der Waals surface area contributed by atoms with Crippen LogP contribution in [0.4, 0.5) is 0 Å². The first kappa shape index (κ1) is 19.0. The SMILES string of the molecule is CS(=O)(=NC(=O)c1cncc(C#Cc2cccc(Br)c2)c1)c1ccccc1. The van der Waals surface area contributed by atoms with Crippen molar-refractivity contribution in [1.29, 1.82) is 0 Å². The summed E-state index contributed by atoms with van der Waals surface area (Å²) in [6, 6.07) is 17.9. The smallest absolute Gasteiger partial charge is 0.266 e. The molecule has 0 bridgehead atoms. The Balaban J connectivity index is 1.89. The van der Waals surface area contributed by atoms with Crippen molar-refractivity contribution in [2.45, 2.75) is 4.90 Å². The topological polar surface area (TPSA) is 59.4 Å². The van der Waals surface area contributed by atoms with Gasteiger partial charge in [0.1, 0.15) is 0 Å². The molecule has 0 aliphatic carbocycles. The molecule has 1 aromatic heterocycles. The number of pyridine rings is 1. The van der Waals surface area contributed by atoms with Crippen LogP contribution in [-0.4, -0.2) is 21.4 Å². The molecule has 1 amide bonds. The van der Waals surface area contributed by atoms with Crippen LogP contribution >= 0.6 is 15.9 Å². The maximum absolute atomic E-state index is 12.8. The van der Waals surface area contributed by atoms with Crippen molar-refractivity contribution in [3.8, 4) is 11.8 Å². The maximum Gasteiger partial charge on any atom is 0.286 e. The van der Waals surface area contributed by atoms with Gasteiger partial charge in [-0.1, -0.05) is 52.0 Å². The fourth-order valence-electron chi connectivity index (χ4n) is 2.27. The monoisotopic (exact) mass is 438 g/mol. The molecule has 3 rings (SSSR count). The summed E-state index contributed by atoms with van der Waals surface area (Å²) in [4.78, 5) is 17.0. The zero-order valence-electron chi connectivity index (χ0n) is 14.4. The van der Waals surface area contributed by atoms with E-state index in [9.17, 15) is 9.00 Å². The third kappa shape index (κ3) is 5.13. The molecule has 6 heteroatoms. The van der Waals surface area contributed by atoms with Crippen molar-refractivity contribution in [2.24, 2.45) is 4.36 Å². The van der Waals surface area contributed by atoms with Gasteiger partial charge in [-0.2, -0.15) is 4.36 Å². The lowest BCUT2D eigenvalue weighted by atomic mass is 10.2. The van der Waals surface area contributed by atoms with E-state index in [0.717, 1.165) is 10.0 Å². The van der Waals surface area contributed by atoms with E-state index in [1.807, 2.05) is 30.3 Å². The number of halogens is 1. The van der Waals surface area contributed by atoms with Gasteiger partial charge in [0.2, 0.25) is 0 Å². The lowest BCUT2D eigenvalue weighted by molar-refractivity contribution is 0.100. The molecule has 0 spiro atoms. The molecule has 1 heterocycles. The fraction of sp³-hybridized carbons (Fsp3) is 0.0476. The van der Waals surface area contributed by atoms with Crippen molar-refractivity contribution in [1.82, 2.24) is 4.98 Å². The van der Waals surface area contributed by atoms with E-state index in [4.69, 9.17) is 0 Å². The Kier molecular flexibility index (Phi) is 5.84. The molecular weight excluding hydrogens is 424 g/mol. The minimum atomic E-state index is -2.82. The molecule has 4 nitrogen and oxygen atoms in total. The van der Waals surface area contributed by atoms with Crippen LogP contribution in [0.25, 0.3) is 0 Å². The van der Waals surface area contributed by atoms with Crippen LogP contribution in [0.3, 0.4) is 0 Å². The molecule has 0 aliphatic heterocycles. The predicted octanol–water partition coefficient (Wildman–Crippen LogP) is 4.54. The Labute approximate surface area is 167 Å². The van der Waals surface area contributed by atoms with Gasteiger partial charge in [0.15, 0.2) is 0 Å². The summed E-state index contributed by atoms with van der Waals surface area (Å²) in [5, 5.41) is 0. The maximum atomic E-state index is 12.8. The Hall–Kier alpha value is -2.75. The van der Waals surface area contributed by atoms with E-state index in [0.29, 0.717) is 10.5 Å². The Bertz CT molecular complexity index is 1170. The Morgan fingerprint density at radius 3 is 2.48 bits per heavy atom. The second-order valence-corrected chi connectivity index (χ2v) is 8.91. The molecule has 0 N–H and O–H groups in total. The van der Waals surface area contributed by atoms with Gasteiger partial charge in [-0.15, -0.1) is 0 Å². The van der Waals surface area contributed by atoms with Crippen LogP contribution in [0.1, 0.15) is 21.5 Å². The van der Waals surface area contributed by atoms with E-state index < -0.39 is 15.6 Å². The number of hydrogen-bond acceptors (Lipinski definition) is 3. The van der Waals surface area contributed by atoms with E-state index in [1.54, 1.807) is 36.5 Å². The first-order valence-corrected chi connectivity index (χ1v) is 10.7. The minimum absolute atomic E-state index is 0.251. The summed E-state index contributed by atoms with van der Waals surface area (Å²) in [7, 11) is -2.82. The molecule has 27 heavy (non-hydrogen) atoms. The average molecular weight is 439 g/mol. The standard InChI is InChI=1S/C21H15BrN2O2S/c1-27(26,20-8-3-2-4-9-20)24-21(25)18-12-17(14-23-15-18)11-10-16-6-5-7-19(22)13-16/h2-9,12-15H,1H3. The van der Waals surface area contributed by atoms with Gasteiger partial charge in [0.25, 0.3) is 5.91 Å². The number of amides is 1. The molecule has 1 atom stereocenters. The lowest BCUT2D eigenvalue weighted by Crippen LogP contribution is -2.04. The number of carbonyl (C=O) groups is 1. The normalized spacial score (nSPS) is 12.4. The van der Waals surface area contributed by atoms with Gasteiger partial charge < -0.3 is 0 Å². The van der Waals surface area contributed by atoms with Crippen LogP contribution in [-0.2, 0) is 9.73 Å². The van der Waals surface area contributed by atoms with Crippen molar-refractivity contribution in [2.75, 3.05) is 6.26 Å². The van der Waals surface area contributed by atoms with Crippen molar-refractivity contribution in [3.05, 3.63) is 94.2 Å². The molecule has 0 saturated carbocycles. The highest BCUT2D eigenvalue weighted by atomic mass is 79.9. The summed E-state index contributed by atoms with van der Waals surface area (Å²) in [6.07, 6.45) is 4.42. The van der Waals surface area contributed by atoms with Crippen LogP contribution < -0.4 is 0 Å². The number of benzene rings is 2. The Morgan fingerprint density at radius 2 is 1.74 bits per heavy atom. The van der Waals surface area contributed by atoms with Crippen molar-refractivity contribution in [3.63, 3.8) is 0 Å². The van der Waals surface area contributed by atoms with Gasteiger partial charge >= 0.3 is 0 Å². The first-order valence-electron chi connectivity index (χ1n) is 7.98. The highest BCUT2D eigenvalue weighted by molar-refractivity contribution is 9.10. The quantitative estimate of drug-likeness (QED) is 0.551. The van der Waals surface area contributed by atoms with Crippen LogP contribution in [0.15, 0.2) is 86.8 Å². The fourth-order valence-corrected chi connectivity index (χ4v) is 3.86. The highest BCUT2D eigenvalue weighted by Crippen LogP contribution is 2.14. The molecule has 1 unspecified atom stereocenters. The summed E-state index contributed by atoms with van der Waals surface area (Å²) in [6.45, 7) is 0. The zero-order chi connectivity index (χ0) is 19.3. The third-order valence-electron chi connectivity index (χ3n) is 3.60. The van der Waals surface area contributed by atoms with E-state index >= 15 is 0 Å². The van der Waals surface area contributed by atoms with Gasteiger partial charge in [0.05, 0.1) is 15.3 Å². The predicted molar refractivity (Wildman–Crippen MR) is 110 cm³/mol. The molecule has 3 aromatic rings. The highest BCUT2D eigenvalue weighted by Gasteiger charge is 2.11. The van der Waals surface area contributed by atoms with Gasteiger partial charge in [-0.25, -0.2) is 4.21 Å². The first-order chi connectivity index (χ1) is 12.9. The van der Waals surface area contributed by atoms with Crippen LogP contribution in [0, 0.1) is 11.8 Å². The van der Waals surface area contributed by atoms with Gasteiger partial charge in [0, 0.05) is 39.1 Å². The van der Waals surface area contributed by atoms with E-state index in [2.05, 4.69) is 37.1 Å². The van der Waals surface area contributed by atoms with Gasteiger partial charge in [-0.3, -0.25) is 9.78 Å². The zero-order valence-corrected chi connectivity index (χ0v) is 16.8. The molecular formula is C21H15BrN2O2S. The molecule has 0 fully saturated rings. The van der Waals surface area contributed by atoms with Crippen LogP contribution in [0.2, 0.25) is 0 Å².